The lowest BCUT2D eigenvalue weighted by atomic mass is 10.1. The highest BCUT2D eigenvalue weighted by Gasteiger charge is 2.36. The van der Waals surface area contributed by atoms with Gasteiger partial charge in [0.25, 0.3) is 0 Å². The molecule has 2 heterocycles. The van der Waals surface area contributed by atoms with E-state index in [-0.39, 0.29) is 12.3 Å². The van der Waals surface area contributed by atoms with Crippen molar-refractivity contribution in [3.05, 3.63) is 18.2 Å². The number of carboxylic acids is 1. The van der Waals surface area contributed by atoms with Crippen molar-refractivity contribution >= 4 is 23.7 Å². The van der Waals surface area contributed by atoms with Crippen LogP contribution in [0.15, 0.2) is 12.5 Å². The number of carboxylic acid groups (broad SMARTS) is 1. The monoisotopic (exact) mass is 380 g/mol. The van der Waals surface area contributed by atoms with Crippen molar-refractivity contribution in [3.63, 3.8) is 0 Å². The van der Waals surface area contributed by atoms with Crippen LogP contribution in [0.3, 0.4) is 0 Å². The van der Waals surface area contributed by atoms with Crippen LogP contribution in [0.4, 0.5) is 0 Å². The number of carbonyl (C=O) groups is 4. The van der Waals surface area contributed by atoms with Crippen molar-refractivity contribution < 1.29 is 24.3 Å². The number of H-pyrrole nitrogens is 1. The number of nitrogens with one attached hydrogen (secondary N) is 3. The molecule has 3 unspecified atom stereocenters. The third-order valence-corrected chi connectivity index (χ3v) is 4.25. The highest BCUT2D eigenvalue weighted by Crippen LogP contribution is 2.18. The molecular formula is C16H24N6O5. The van der Waals surface area contributed by atoms with Crippen LogP contribution in [0.5, 0.6) is 0 Å². The van der Waals surface area contributed by atoms with Crippen LogP contribution in [-0.4, -0.2) is 74.9 Å². The number of likely N-dealkylation sites (tertiary alicyclic amines) is 1. The topological polar surface area (TPSA) is 171 Å². The second kappa shape index (κ2) is 9.12. The number of amides is 3. The van der Waals surface area contributed by atoms with Crippen molar-refractivity contribution in [2.75, 3.05) is 13.1 Å². The summed E-state index contributed by atoms with van der Waals surface area (Å²) in [5.74, 6) is -2.63. The molecule has 1 saturated heterocycles. The van der Waals surface area contributed by atoms with Gasteiger partial charge in [-0.1, -0.05) is 0 Å². The van der Waals surface area contributed by atoms with E-state index >= 15 is 0 Å². The number of rotatable bonds is 8. The van der Waals surface area contributed by atoms with Gasteiger partial charge in [-0.15, -0.1) is 0 Å². The second-order valence-corrected chi connectivity index (χ2v) is 6.43. The SMILES string of the molecule is CC(N)C(=O)N1CCCC1C(=O)NC(Cc1cnc[nH]1)C(=O)NCC(=O)O. The van der Waals surface area contributed by atoms with Gasteiger partial charge in [-0.2, -0.15) is 0 Å². The van der Waals surface area contributed by atoms with Crippen molar-refractivity contribution in [2.45, 2.75) is 44.3 Å². The minimum Gasteiger partial charge on any atom is -0.480 e. The predicted molar refractivity (Wildman–Crippen MR) is 93.3 cm³/mol. The summed E-state index contributed by atoms with van der Waals surface area (Å²) in [6.45, 7) is 1.41. The van der Waals surface area contributed by atoms with Crippen LogP contribution in [0.2, 0.25) is 0 Å². The lowest BCUT2D eigenvalue weighted by Gasteiger charge is -2.27. The molecule has 2 rings (SSSR count). The van der Waals surface area contributed by atoms with E-state index < -0.39 is 42.5 Å². The van der Waals surface area contributed by atoms with Gasteiger partial charge < -0.3 is 31.4 Å². The first-order valence-electron chi connectivity index (χ1n) is 8.62. The van der Waals surface area contributed by atoms with Gasteiger partial charge >= 0.3 is 5.97 Å². The zero-order chi connectivity index (χ0) is 20.0. The molecule has 0 bridgehead atoms. The number of carbonyl (C=O) groups excluding carboxylic acids is 3. The largest absolute Gasteiger partial charge is 0.480 e. The Hall–Kier alpha value is -2.95. The molecule has 0 radical (unpaired) electrons. The molecular weight excluding hydrogens is 356 g/mol. The van der Waals surface area contributed by atoms with Gasteiger partial charge in [0.1, 0.15) is 18.6 Å². The first-order chi connectivity index (χ1) is 12.8. The maximum absolute atomic E-state index is 12.7. The van der Waals surface area contributed by atoms with Crippen molar-refractivity contribution in [3.8, 4) is 0 Å². The number of aromatic nitrogens is 2. The molecule has 27 heavy (non-hydrogen) atoms. The Bertz CT molecular complexity index is 689. The molecule has 1 aromatic rings. The molecule has 3 atom stereocenters. The quantitative estimate of drug-likeness (QED) is 0.346. The minimum atomic E-state index is -1.19. The van der Waals surface area contributed by atoms with E-state index in [0.717, 1.165) is 0 Å². The van der Waals surface area contributed by atoms with Crippen molar-refractivity contribution in [1.82, 2.24) is 25.5 Å². The third kappa shape index (κ3) is 5.51. The zero-order valence-electron chi connectivity index (χ0n) is 15.0. The highest BCUT2D eigenvalue weighted by molar-refractivity contribution is 5.94. The number of imidazole rings is 1. The van der Waals surface area contributed by atoms with Crippen LogP contribution in [-0.2, 0) is 25.6 Å². The van der Waals surface area contributed by atoms with Crippen LogP contribution >= 0.6 is 0 Å². The van der Waals surface area contributed by atoms with Gasteiger partial charge in [-0.3, -0.25) is 19.2 Å². The lowest BCUT2D eigenvalue weighted by molar-refractivity contribution is -0.140. The van der Waals surface area contributed by atoms with E-state index in [2.05, 4.69) is 20.6 Å². The summed E-state index contributed by atoms with van der Waals surface area (Å²) in [4.78, 5) is 56.0. The first kappa shape index (κ1) is 20.4. The van der Waals surface area contributed by atoms with Crippen LogP contribution in [0.25, 0.3) is 0 Å². The average molecular weight is 380 g/mol. The smallest absolute Gasteiger partial charge is 0.322 e. The summed E-state index contributed by atoms with van der Waals surface area (Å²) in [6, 6.07) is -2.44. The molecule has 1 aromatic heterocycles. The molecule has 1 aliphatic rings. The molecule has 3 amide bonds. The molecule has 0 aliphatic carbocycles. The summed E-state index contributed by atoms with van der Waals surface area (Å²) < 4.78 is 0. The number of nitrogens with two attached hydrogens (primary N) is 1. The van der Waals surface area contributed by atoms with Gasteiger partial charge in [-0.25, -0.2) is 4.98 Å². The Morgan fingerprint density at radius 2 is 2.19 bits per heavy atom. The summed E-state index contributed by atoms with van der Waals surface area (Å²) in [5, 5.41) is 13.6. The standard InChI is InChI=1S/C16H24N6O5/c1-9(17)16(27)22-4-2-3-12(22)15(26)21-11(5-10-6-18-8-20-10)14(25)19-7-13(23)24/h6,8-9,11-12H,2-5,7,17H2,1H3,(H,18,20)(H,19,25)(H,21,26)(H,23,24). The zero-order valence-corrected chi connectivity index (χ0v) is 15.0. The Labute approximate surface area is 155 Å². The van der Waals surface area contributed by atoms with Crippen LogP contribution in [0.1, 0.15) is 25.5 Å². The van der Waals surface area contributed by atoms with Gasteiger partial charge in [0.15, 0.2) is 0 Å². The van der Waals surface area contributed by atoms with E-state index in [1.54, 1.807) is 6.92 Å². The number of aliphatic carboxylic acids is 1. The van der Waals surface area contributed by atoms with Gasteiger partial charge in [0.2, 0.25) is 17.7 Å². The Balaban J connectivity index is 2.08. The van der Waals surface area contributed by atoms with E-state index in [1.807, 2.05) is 0 Å². The molecule has 1 aliphatic heterocycles. The number of hydrogen-bond acceptors (Lipinski definition) is 6. The fourth-order valence-corrected chi connectivity index (χ4v) is 2.94. The first-order valence-corrected chi connectivity index (χ1v) is 8.62. The van der Waals surface area contributed by atoms with Gasteiger partial charge in [0, 0.05) is 24.9 Å². The van der Waals surface area contributed by atoms with Crippen LogP contribution < -0.4 is 16.4 Å². The Morgan fingerprint density at radius 1 is 1.44 bits per heavy atom. The Morgan fingerprint density at radius 3 is 2.78 bits per heavy atom. The van der Waals surface area contributed by atoms with E-state index in [4.69, 9.17) is 10.8 Å². The summed E-state index contributed by atoms with van der Waals surface area (Å²) >= 11 is 0. The van der Waals surface area contributed by atoms with Gasteiger partial charge in [-0.05, 0) is 19.8 Å². The second-order valence-electron chi connectivity index (χ2n) is 6.43. The molecule has 0 spiro atoms. The number of nitrogens with zero attached hydrogens (tertiary/aromatic N) is 2. The lowest BCUT2D eigenvalue weighted by Crippen LogP contribution is -2.55. The molecule has 6 N–H and O–H groups in total. The molecule has 0 aromatic carbocycles. The number of hydrogen-bond donors (Lipinski definition) is 5. The van der Waals surface area contributed by atoms with E-state index in [0.29, 0.717) is 25.1 Å². The third-order valence-electron chi connectivity index (χ3n) is 4.25. The summed E-state index contributed by atoms with van der Waals surface area (Å²) in [7, 11) is 0. The predicted octanol–water partition coefficient (Wildman–Crippen LogP) is -2.02. The van der Waals surface area contributed by atoms with E-state index in [1.165, 1.54) is 17.4 Å². The van der Waals surface area contributed by atoms with E-state index in [9.17, 15) is 19.2 Å². The Kier molecular flexibility index (Phi) is 6.88. The molecule has 148 valence electrons. The molecule has 11 heteroatoms. The maximum atomic E-state index is 12.7. The minimum absolute atomic E-state index is 0.102. The summed E-state index contributed by atoms with van der Waals surface area (Å²) in [5.41, 5.74) is 6.23. The maximum Gasteiger partial charge on any atom is 0.322 e. The summed E-state index contributed by atoms with van der Waals surface area (Å²) in [6.07, 6.45) is 4.17. The van der Waals surface area contributed by atoms with Crippen LogP contribution in [0, 0.1) is 0 Å². The average Bonchev–Trinajstić information content (AvgIpc) is 3.29. The van der Waals surface area contributed by atoms with Crippen molar-refractivity contribution in [2.24, 2.45) is 5.73 Å². The van der Waals surface area contributed by atoms with Gasteiger partial charge in [0.05, 0.1) is 12.4 Å². The normalized spacial score (nSPS) is 18.6. The molecule has 11 nitrogen and oxygen atoms in total. The molecule has 1 fully saturated rings. The van der Waals surface area contributed by atoms with Crippen molar-refractivity contribution in [1.29, 1.82) is 0 Å². The fraction of sp³-hybridized carbons (Fsp3) is 0.562. The number of aromatic amines is 1. The highest BCUT2D eigenvalue weighted by atomic mass is 16.4. The molecule has 0 saturated carbocycles. The fourth-order valence-electron chi connectivity index (χ4n) is 2.94.